The molecule has 2 amide bonds. The molecule has 1 aliphatic carbocycles. The average Bonchev–Trinajstić information content (AvgIpc) is 2.74. The molecule has 1 aromatic rings. The fourth-order valence-electron chi connectivity index (χ4n) is 2.49. The van der Waals surface area contributed by atoms with Crippen molar-refractivity contribution in [1.82, 2.24) is 5.32 Å². The first-order valence-electron chi connectivity index (χ1n) is 6.57. The number of urea groups is 1. The highest BCUT2D eigenvalue weighted by atomic mass is 79.9. The van der Waals surface area contributed by atoms with Gasteiger partial charge in [-0.1, -0.05) is 29.3 Å². The highest BCUT2D eigenvalue weighted by Gasteiger charge is 2.25. The molecule has 0 saturated heterocycles. The van der Waals surface area contributed by atoms with Gasteiger partial charge in [-0.15, -0.1) is 0 Å². The Bertz CT molecular complexity index is 533. The molecule has 0 heterocycles. The molecule has 1 saturated carbocycles. The van der Waals surface area contributed by atoms with E-state index >= 15 is 0 Å². The standard InChI is InChI=1S/C14H17BrN2O3/c1-8-3-2-4-11(8)16-14(20)17-12-7-9(15)5-6-10(12)13(18)19/h5-8,11H,2-4H2,1H3,(H,18,19)(H2,16,17,20). The third-order valence-corrected chi connectivity index (χ3v) is 4.13. The number of hydrogen-bond donors (Lipinski definition) is 3. The van der Waals surface area contributed by atoms with Crippen molar-refractivity contribution in [2.45, 2.75) is 32.2 Å². The van der Waals surface area contributed by atoms with Gasteiger partial charge in [0.25, 0.3) is 0 Å². The highest BCUT2D eigenvalue weighted by molar-refractivity contribution is 9.10. The summed E-state index contributed by atoms with van der Waals surface area (Å²) in [7, 11) is 0. The average molecular weight is 341 g/mol. The molecule has 6 heteroatoms. The molecule has 108 valence electrons. The van der Waals surface area contributed by atoms with Crippen LogP contribution in [0.3, 0.4) is 0 Å². The van der Waals surface area contributed by atoms with E-state index in [2.05, 4.69) is 33.5 Å². The third kappa shape index (κ3) is 3.50. The van der Waals surface area contributed by atoms with E-state index in [-0.39, 0.29) is 23.3 Å². The van der Waals surface area contributed by atoms with E-state index in [4.69, 9.17) is 5.11 Å². The fourth-order valence-corrected chi connectivity index (χ4v) is 2.85. The van der Waals surface area contributed by atoms with Crippen molar-refractivity contribution >= 4 is 33.6 Å². The minimum atomic E-state index is -1.07. The summed E-state index contributed by atoms with van der Waals surface area (Å²) in [5.41, 5.74) is 0.359. The van der Waals surface area contributed by atoms with Crippen LogP contribution in [-0.4, -0.2) is 23.1 Å². The van der Waals surface area contributed by atoms with Crippen LogP contribution in [0.15, 0.2) is 22.7 Å². The Morgan fingerprint density at radius 1 is 1.35 bits per heavy atom. The molecule has 0 aliphatic heterocycles. The first-order chi connectivity index (χ1) is 9.47. The molecule has 0 bridgehead atoms. The number of nitrogens with one attached hydrogen (secondary N) is 2. The topological polar surface area (TPSA) is 78.4 Å². The molecule has 1 aromatic carbocycles. The molecule has 0 radical (unpaired) electrons. The number of carboxylic acid groups (broad SMARTS) is 1. The lowest BCUT2D eigenvalue weighted by Gasteiger charge is -2.18. The van der Waals surface area contributed by atoms with Crippen LogP contribution in [0, 0.1) is 5.92 Å². The van der Waals surface area contributed by atoms with Crippen molar-refractivity contribution in [3.05, 3.63) is 28.2 Å². The number of anilines is 1. The first kappa shape index (κ1) is 14.8. The summed E-state index contributed by atoms with van der Waals surface area (Å²) in [6.45, 7) is 2.11. The van der Waals surface area contributed by atoms with E-state index in [9.17, 15) is 9.59 Å². The first-order valence-corrected chi connectivity index (χ1v) is 7.37. The number of hydrogen-bond acceptors (Lipinski definition) is 2. The van der Waals surface area contributed by atoms with Crippen molar-refractivity contribution in [3.8, 4) is 0 Å². The van der Waals surface area contributed by atoms with Gasteiger partial charge in [-0.25, -0.2) is 9.59 Å². The van der Waals surface area contributed by atoms with Crippen LogP contribution in [0.1, 0.15) is 36.5 Å². The van der Waals surface area contributed by atoms with Gasteiger partial charge >= 0.3 is 12.0 Å². The molecule has 1 aliphatic rings. The van der Waals surface area contributed by atoms with Crippen molar-refractivity contribution in [2.75, 3.05) is 5.32 Å². The van der Waals surface area contributed by atoms with Crippen molar-refractivity contribution in [3.63, 3.8) is 0 Å². The van der Waals surface area contributed by atoms with E-state index < -0.39 is 5.97 Å². The predicted octanol–water partition coefficient (Wildman–Crippen LogP) is 3.46. The van der Waals surface area contributed by atoms with Crippen molar-refractivity contribution in [2.24, 2.45) is 5.92 Å². The summed E-state index contributed by atoms with van der Waals surface area (Å²) < 4.78 is 0.715. The van der Waals surface area contributed by atoms with Crippen LogP contribution < -0.4 is 10.6 Å². The number of amides is 2. The third-order valence-electron chi connectivity index (χ3n) is 3.64. The molecule has 1 fully saturated rings. The lowest BCUT2D eigenvalue weighted by molar-refractivity contribution is 0.0698. The summed E-state index contributed by atoms with van der Waals surface area (Å²) in [6, 6.07) is 4.48. The lowest BCUT2D eigenvalue weighted by Crippen LogP contribution is -2.39. The molecule has 2 atom stereocenters. The predicted molar refractivity (Wildman–Crippen MR) is 80.1 cm³/mol. The van der Waals surface area contributed by atoms with E-state index in [1.165, 1.54) is 6.07 Å². The number of carboxylic acids is 1. The zero-order chi connectivity index (χ0) is 14.7. The molecule has 2 rings (SSSR count). The Morgan fingerprint density at radius 3 is 2.70 bits per heavy atom. The van der Waals surface area contributed by atoms with Gasteiger partial charge in [-0.3, -0.25) is 0 Å². The quantitative estimate of drug-likeness (QED) is 0.788. The van der Waals surface area contributed by atoms with Crippen LogP contribution in [0.25, 0.3) is 0 Å². The minimum Gasteiger partial charge on any atom is -0.478 e. The molecular weight excluding hydrogens is 324 g/mol. The summed E-state index contributed by atoms with van der Waals surface area (Å²) >= 11 is 3.27. The van der Waals surface area contributed by atoms with E-state index in [0.29, 0.717) is 10.4 Å². The second kappa shape index (κ2) is 6.26. The number of benzene rings is 1. The maximum Gasteiger partial charge on any atom is 0.337 e. The van der Waals surface area contributed by atoms with Gasteiger partial charge in [0, 0.05) is 10.5 Å². The molecule has 0 aromatic heterocycles. The number of carbonyl (C=O) groups excluding carboxylic acids is 1. The summed E-state index contributed by atoms with van der Waals surface area (Å²) in [5.74, 6) is -0.607. The Morgan fingerprint density at radius 2 is 2.10 bits per heavy atom. The number of aromatic carboxylic acids is 1. The van der Waals surface area contributed by atoms with Crippen molar-refractivity contribution < 1.29 is 14.7 Å². The van der Waals surface area contributed by atoms with Crippen LogP contribution in [-0.2, 0) is 0 Å². The van der Waals surface area contributed by atoms with Crippen LogP contribution in [0.2, 0.25) is 0 Å². The van der Waals surface area contributed by atoms with E-state index in [0.717, 1.165) is 19.3 Å². The number of halogens is 1. The van der Waals surface area contributed by atoms with Gasteiger partial charge in [0.05, 0.1) is 11.3 Å². The second-order valence-electron chi connectivity index (χ2n) is 5.11. The Labute approximate surface area is 125 Å². The van der Waals surface area contributed by atoms with Gasteiger partial charge in [0.2, 0.25) is 0 Å². The normalized spacial score (nSPS) is 21.5. The van der Waals surface area contributed by atoms with Gasteiger partial charge in [0.1, 0.15) is 0 Å². The van der Waals surface area contributed by atoms with Crippen LogP contribution in [0.4, 0.5) is 10.5 Å². The molecule has 20 heavy (non-hydrogen) atoms. The number of rotatable bonds is 3. The largest absolute Gasteiger partial charge is 0.478 e. The minimum absolute atomic E-state index is 0.0721. The highest BCUT2D eigenvalue weighted by Crippen LogP contribution is 2.25. The molecule has 5 nitrogen and oxygen atoms in total. The van der Waals surface area contributed by atoms with Gasteiger partial charge in [0.15, 0.2) is 0 Å². The fraction of sp³-hybridized carbons (Fsp3) is 0.429. The second-order valence-corrected chi connectivity index (χ2v) is 6.02. The maximum atomic E-state index is 12.0. The van der Waals surface area contributed by atoms with Crippen LogP contribution >= 0.6 is 15.9 Å². The zero-order valence-electron chi connectivity index (χ0n) is 11.1. The number of carbonyl (C=O) groups is 2. The zero-order valence-corrected chi connectivity index (χ0v) is 12.7. The Balaban J connectivity index is 2.07. The molecule has 0 spiro atoms. The van der Waals surface area contributed by atoms with Gasteiger partial charge < -0.3 is 15.7 Å². The van der Waals surface area contributed by atoms with Crippen LogP contribution in [0.5, 0.6) is 0 Å². The summed E-state index contributed by atoms with van der Waals surface area (Å²) in [6.07, 6.45) is 3.20. The SMILES string of the molecule is CC1CCCC1NC(=O)Nc1cc(Br)ccc1C(=O)O. The maximum absolute atomic E-state index is 12.0. The molecule has 2 unspecified atom stereocenters. The molecule has 3 N–H and O–H groups in total. The van der Waals surface area contributed by atoms with Gasteiger partial charge in [-0.2, -0.15) is 0 Å². The Kier molecular flexibility index (Phi) is 4.65. The van der Waals surface area contributed by atoms with E-state index in [1.54, 1.807) is 12.1 Å². The lowest BCUT2D eigenvalue weighted by atomic mass is 10.1. The Hall–Kier alpha value is -1.56. The summed E-state index contributed by atoms with van der Waals surface area (Å²) in [4.78, 5) is 23.1. The molecular formula is C14H17BrN2O3. The van der Waals surface area contributed by atoms with Crippen molar-refractivity contribution in [1.29, 1.82) is 0 Å². The van der Waals surface area contributed by atoms with E-state index in [1.807, 2.05) is 0 Å². The monoisotopic (exact) mass is 340 g/mol. The van der Waals surface area contributed by atoms with Gasteiger partial charge in [-0.05, 0) is 37.0 Å². The summed E-state index contributed by atoms with van der Waals surface area (Å²) in [5, 5.41) is 14.6. The smallest absolute Gasteiger partial charge is 0.337 e.